The van der Waals surface area contributed by atoms with Crippen molar-refractivity contribution in [1.29, 1.82) is 0 Å². The van der Waals surface area contributed by atoms with E-state index in [9.17, 15) is 13.2 Å². The van der Waals surface area contributed by atoms with Crippen molar-refractivity contribution in [3.05, 3.63) is 64.4 Å². The van der Waals surface area contributed by atoms with Crippen molar-refractivity contribution in [2.45, 2.75) is 34.7 Å². The van der Waals surface area contributed by atoms with E-state index in [4.69, 9.17) is 4.98 Å². The summed E-state index contributed by atoms with van der Waals surface area (Å²) in [7, 11) is -0.440. The van der Waals surface area contributed by atoms with Crippen LogP contribution in [0, 0.1) is 0 Å². The quantitative estimate of drug-likeness (QED) is 0.456. The SMILES string of the molecule is CN(C)S(=O)(=O)c1cccc(CSc2nc3ccccc3c(=O)n2C2CC2)c1. The van der Waals surface area contributed by atoms with Crippen LogP contribution >= 0.6 is 11.8 Å². The summed E-state index contributed by atoms with van der Waals surface area (Å²) >= 11 is 1.47. The van der Waals surface area contributed by atoms with Crippen LogP contribution in [0.2, 0.25) is 0 Å². The van der Waals surface area contributed by atoms with Crippen LogP contribution in [0.15, 0.2) is 63.4 Å². The molecule has 0 unspecified atom stereocenters. The van der Waals surface area contributed by atoms with E-state index < -0.39 is 10.0 Å². The molecular weight excluding hydrogens is 394 g/mol. The summed E-state index contributed by atoms with van der Waals surface area (Å²) in [4.78, 5) is 17.9. The maximum Gasteiger partial charge on any atom is 0.262 e. The molecule has 0 amide bonds. The van der Waals surface area contributed by atoms with Crippen LogP contribution in [0.5, 0.6) is 0 Å². The van der Waals surface area contributed by atoms with E-state index in [1.54, 1.807) is 22.8 Å². The van der Waals surface area contributed by atoms with Crippen LogP contribution in [0.4, 0.5) is 0 Å². The number of thioether (sulfide) groups is 1. The minimum absolute atomic E-state index is 0.000429. The van der Waals surface area contributed by atoms with Gasteiger partial charge in [0.15, 0.2) is 5.16 Å². The average molecular weight is 416 g/mol. The fourth-order valence-electron chi connectivity index (χ4n) is 3.04. The summed E-state index contributed by atoms with van der Waals surface area (Å²) in [6, 6.07) is 14.5. The van der Waals surface area contributed by atoms with E-state index >= 15 is 0 Å². The Morgan fingerprint density at radius 1 is 1.14 bits per heavy atom. The summed E-state index contributed by atoms with van der Waals surface area (Å²) in [5.41, 5.74) is 1.56. The molecule has 0 saturated heterocycles. The molecule has 8 heteroatoms. The normalized spacial score (nSPS) is 14.7. The lowest BCUT2D eigenvalue weighted by molar-refractivity contribution is 0.520. The number of hydrogen-bond donors (Lipinski definition) is 0. The van der Waals surface area contributed by atoms with E-state index in [2.05, 4.69) is 0 Å². The summed E-state index contributed by atoms with van der Waals surface area (Å²) in [6.45, 7) is 0. The van der Waals surface area contributed by atoms with Crippen molar-refractivity contribution < 1.29 is 8.42 Å². The zero-order valence-corrected chi connectivity index (χ0v) is 17.3. The second-order valence-electron chi connectivity index (χ2n) is 7.04. The van der Waals surface area contributed by atoms with Gasteiger partial charge in [0, 0.05) is 25.9 Å². The molecular formula is C20H21N3O3S2. The van der Waals surface area contributed by atoms with Crippen LogP contribution in [-0.2, 0) is 15.8 Å². The molecule has 146 valence electrons. The highest BCUT2D eigenvalue weighted by molar-refractivity contribution is 7.98. The van der Waals surface area contributed by atoms with Crippen molar-refractivity contribution in [2.24, 2.45) is 0 Å². The van der Waals surface area contributed by atoms with Gasteiger partial charge in [-0.05, 0) is 42.7 Å². The molecule has 6 nitrogen and oxygen atoms in total. The van der Waals surface area contributed by atoms with Gasteiger partial charge in [-0.3, -0.25) is 9.36 Å². The number of nitrogens with zero attached hydrogens (tertiary/aromatic N) is 3. The Morgan fingerprint density at radius 3 is 2.61 bits per heavy atom. The number of fused-ring (bicyclic) bond motifs is 1. The number of rotatable bonds is 6. The first kappa shape index (κ1) is 19.2. The number of hydrogen-bond acceptors (Lipinski definition) is 5. The van der Waals surface area contributed by atoms with Gasteiger partial charge in [-0.2, -0.15) is 0 Å². The average Bonchev–Trinajstić information content (AvgIpc) is 3.51. The van der Waals surface area contributed by atoms with Gasteiger partial charge in [0.1, 0.15) is 0 Å². The number of para-hydroxylation sites is 1. The maximum atomic E-state index is 12.9. The lowest BCUT2D eigenvalue weighted by Crippen LogP contribution is -2.22. The lowest BCUT2D eigenvalue weighted by Gasteiger charge is -2.14. The van der Waals surface area contributed by atoms with Crippen molar-refractivity contribution in [2.75, 3.05) is 14.1 Å². The van der Waals surface area contributed by atoms with Gasteiger partial charge in [-0.25, -0.2) is 17.7 Å². The van der Waals surface area contributed by atoms with Gasteiger partial charge >= 0.3 is 0 Å². The largest absolute Gasteiger partial charge is 0.284 e. The summed E-state index contributed by atoms with van der Waals surface area (Å²) < 4.78 is 27.7. The third kappa shape index (κ3) is 3.59. The number of benzene rings is 2. The number of aromatic nitrogens is 2. The highest BCUT2D eigenvalue weighted by Gasteiger charge is 2.28. The minimum atomic E-state index is -3.48. The van der Waals surface area contributed by atoms with Gasteiger partial charge in [0.2, 0.25) is 10.0 Å². The van der Waals surface area contributed by atoms with Gasteiger partial charge in [-0.15, -0.1) is 0 Å². The van der Waals surface area contributed by atoms with E-state index in [0.717, 1.165) is 18.4 Å². The molecule has 1 saturated carbocycles. The van der Waals surface area contributed by atoms with Crippen molar-refractivity contribution in [3.8, 4) is 0 Å². The Kier molecular flexibility index (Phi) is 5.03. The molecule has 0 N–H and O–H groups in total. The molecule has 0 radical (unpaired) electrons. The summed E-state index contributed by atoms with van der Waals surface area (Å²) in [5, 5.41) is 1.32. The first-order valence-electron chi connectivity index (χ1n) is 9.03. The second kappa shape index (κ2) is 7.35. The first-order valence-corrected chi connectivity index (χ1v) is 11.5. The van der Waals surface area contributed by atoms with Crippen LogP contribution < -0.4 is 5.56 Å². The van der Waals surface area contributed by atoms with E-state index in [0.29, 0.717) is 21.8 Å². The third-order valence-electron chi connectivity index (χ3n) is 4.73. The Labute approximate surface area is 168 Å². The summed E-state index contributed by atoms with van der Waals surface area (Å²) in [6.07, 6.45) is 1.98. The van der Waals surface area contributed by atoms with Crippen molar-refractivity contribution in [1.82, 2.24) is 13.9 Å². The molecule has 3 aromatic rings. The molecule has 1 aliphatic carbocycles. The Bertz CT molecular complexity index is 1200. The zero-order chi connectivity index (χ0) is 19.9. The molecule has 1 aromatic heterocycles. The smallest absolute Gasteiger partial charge is 0.262 e. The van der Waals surface area contributed by atoms with Gasteiger partial charge in [0.05, 0.1) is 15.8 Å². The zero-order valence-electron chi connectivity index (χ0n) is 15.7. The van der Waals surface area contributed by atoms with Gasteiger partial charge < -0.3 is 0 Å². The molecule has 0 aliphatic heterocycles. The van der Waals surface area contributed by atoms with Crippen LogP contribution in [0.3, 0.4) is 0 Å². The standard InChI is InChI=1S/C20H21N3O3S2/c1-22(2)28(25,26)16-7-5-6-14(12-16)13-27-20-21-18-9-4-3-8-17(18)19(24)23(20)15-10-11-15/h3-9,12,15H,10-11,13H2,1-2H3. The Hall–Kier alpha value is -2.16. The van der Waals surface area contributed by atoms with Crippen LogP contribution in [0.1, 0.15) is 24.4 Å². The fourth-order valence-corrected chi connectivity index (χ4v) is 5.02. The topological polar surface area (TPSA) is 72.3 Å². The van der Waals surface area contributed by atoms with E-state index in [1.165, 1.54) is 30.2 Å². The van der Waals surface area contributed by atoms with E-state index in [1.807, 2.05) is 30.3 Å². The summed E-state index contributed by atoms with van der Waals surface area (Å²) in [5.74, 6) is 0.536. The highest BCUT2D eigenvalue weighted by Crippen LogP contribution is 2.37. The predicted octanol–water partition coefficient (Wildman–Crippen LogP) is 3.27. The molecule has 1 heterocycles. The fraction of sp³-hybridized carbons (Fsp3) is 0.300. The molecule has 0 spiro atoms. The van der Waals surface area contributed by atoms with Gasteiger partial charge in [-0.1, -0.05) is 36.0 Å². The highest BCUT2D eigenvalue weighted by atomic mass is 32.2. The molecule has 2 aromatic carbocycles. The second-order valence-corrected chi connectivity index (χ2v) is 10.1. The Balaban J connectivity index is 1.67. The van der Waals surface area contributed by atoms with Crippen LogP contribution in [-0.4, -0.2) is 36.4 Å². The molecule has 28 heavy (non-hydrogen) atoms. The van der Waals surface area contributed by atoms with E-state index in [-0.39, 0.29) is 16.5 Å². The molecule has 1 aliphatic rings. The Morgan fingerprint density at radius 2 is 1.89 bits per heavy atom. The van der Waals surface area contributed by atoms with Gasteiger partial charge in [0.25, 0.3) is 5.56 Å². The van der Waals surface area contributed by atoms with Crippen molar-refractivity contribution in [3.63, 3.8) is 0 Å². The monoisotopic (exact) mass is 415 g/mol. The van der Waals surface area contributed by atoms with Crippen molar-refractivity contribution >= 4 is 32.7 Å². The molecule has 1 fully saturated rings. The van der Waals surface area contributed by atoms with Crippen LogP contribution in [0.25, 0.3) is 10.9 Å². The number of sulfonamides is 1. The first-order chi connectivity index (χ1) is 13.4. The lowest BCUT2D eigenvalue weighted by atomic mass is 10.2. The third-order valence-corrected chi connectivity index (χ3v) is 7.57. The predicted molar refractivity (Wildman–Crippen MR) is 111 cm³/mol. The molecule has 0 atom stereocenters. The molecule has 4 rings (SSSR count). The minimum Gasteiger partial charge on any atom is -0.284 e. The molecule has 0 bridgehead atoms. The maximum absolute atomic E-state index is 12.9.